The van der Waals surface area contributed by atoms with E-state index in [9.17, 15) is 0 Å². The Morgan fingerprint density at radius 2 is 1.87 bits per heavy atom. The highest BCUT2D eigenvalue weighted by atomic mass is 32.2. The largest absolute Gasteiger partial charge is 0.483 e. The molecule has 5 nitrogen and oxygen atoms in total. The molecule has 2 unspecified atom stereocenters. The van der Waals surface area contributed by atoms with Crippen molar-refractivity contribution >= 4 is 12.0 Å². The molecule has 176 valence electrons. The Morgan fingerprint density at radius 3 is 2.55 bits per heavy atom. The zero-order chi connectivity index (χ0) is 23.0. The molecule has 2 atom stereocenters. The first-order chi connectivity index (χ1) is 14.7. The van der Waals surface area contributed by atoms with E-state index in [0.717, 1.165) is 65.4 Å². The standard InChI is InChI=1S/C25H40O5S/c1-17(2)10-8-11-18(3)12-9-14-25(7)15-13-22-21(6)23(27-16-31-30-29-26)19(4)20(5)24(22)28-25/h9,14,17-18,26H,8,10-13,15-16H2,1-7H3/b14-9+. The molecule has 0 saturated carbocycles. The maximum atomic E-state index is 8.25. The maximum Gasteiger partial charge on any atom is 0.162 e. The van der Waals surface area contributed by atoms with E-state index in [4.69, 9.17) is 14.7 Å². The van der Waals surface area contributed by atoms with Gasteiger partial charge in [0.25, 0.3) is 0 Å². The third-order valence-corrected chi connectivity index (χ3v) is 6.71. The SMILES string of the molecule is Cc1c(C)c2c(c(C)c1OCSOOO)CCC(C)(/C=C/CC(C)CCCC(C)C)O2. The van der Waals surface area contributed by atoms with Crippen LogP contribution < -0.4 is 9.47 Å². The van der Waals surface area contributed by atoms with Gasteiger partial charge in [-0.25, -0.2) is 5.26 Å². The Balaban J connectivity index is 2.05. The number of rotatable bonds is 12. The Labute approximate surface area is 192 Å². The summed E-state index contributed by atoms with van der Waals surface area (Å²) < 4.78 is 16.9. The van der Waals surface area contributed by atoms with Gasteiger partial charge in [-0.3, -0.25) is 0 Å². The van der Waals surface area contributed by atoms with Gasteiger partial charge in [-0.1, -0.05) is 51.1 Å². The van der Waals surface area contributed by atoms with Gasteiger partial charge in [-0.05, 0) is 81.6 Å². The van der Waals surface area contributed by atoms with Crippen LogP contribution in [0.5, 0.6) is 11.5 Å². The number of hydrogen-bond acceptors (Lipinski definition) is 6. The van der Waals surface area contributed by atoms with Crippen LogP contribution in [0, 0.1) is 32.6 Å². The third kappa shape index (κ3) is 7.41. The minimum absolute atomic E-state index is 0.219. The predicted octanol–water partition coefficient (Wildman–Crippen LogP) is 7.51. The van der Waals surface area contributed by atoms with Crippen LogP contribution in [-0.4, -0.2) is 16.8 Å². The number of allylic oxidation sites excluding steroid dienone is 1. The van der Waals surface area contributed by atoms with Gasteiger partial charge in [-0.2, -0.15) is 0 Å². The van der Waals surface area contributed by atoms with Gasteiger partial charge in [0.05, 0.1) is 12.0 Å². The molecular weight excluding hydrogens is 412 g/mol. The first kappa shape index (κ1) is 26.0. The van der Waals surface area contributed by atoms with Gasteiger partial charge < -0.3 is 9.47 Å². The second-order valence-electron chi connectivity index (χ2n) is 9.52. The molecule has 31 heavy (non-hydrogen) atoms. The second-order valence-corrected chi connectivity index (χ2v) is 10.1. The monoisotopic (exact) mass is 452 g/mol. The lowest BCUT2D eigenvalue weighted by atomic mass is 9.86. The smallest absolute Gasteiger partial charge is 0.162 e. The van der Waals surface area contributed by atoms with Crippen LogP contribution in [0.25, 0.3) is 0 Å². The van der Waals surface area contributed by atoms with Crippen molar-refractivity contribution in [2.24, 2.45) is 11.8 Å². The zero-order valence-corrected chi connectivity index (χ0v) is 21.1. The first-order valence-corrected chi connectivity index (χ1v) is 12.3. The van der Waals surface area contributed by atoms with Crippen LogP contribution in [0.3, 0.4) is 0 Å². The quantitative estimate of drug-likeness (QED) is 0.0884. The van der Waals surface area contributed by atoms with Gasteiger partial charge in [0.15, 0.2) is 5.94 Å². The topological polar surface area (TPSA) is 57.2 Å². The van der Waals surface area contributed by atoms with Gasteiger partial charge in [0.2, 0.25) is 0 Å². The highest BCUT2D eigenvalue weighted by Crippen LogP contribution is 2.44. The molecule has 1 N–H and O–H groups in total. The molecular formula is C25H40O5S. The van der Waals surface area contributed by atoms with Crippen molar-refractivity contribution in [3.05, 3.63) is 34.4 Å². The second kappa shape index (κ2) is 12.1. The van der Waals surface area contributed by atoms with E-state index in [1.807, 2.05) is 0 Å². The van der Waals surface area contributed by atoms with Crippen molar-refractivity contribution in [1.82, 2.24) is 0 Å². The lowest BCUT2D eigenvalue weighted by Crippen LogP contribution is -2.35. The summed E-state index contributed by atoms with van der Waals surface area (Å²) in [5.41, 5.74) is 4.22. The molecule has 1 heterocycles. The van der Waals surface area contributed by atoms with Crippen LogP contribution in [-0.2, 0) is 15.8 Å². The van der Waals surface area contributed by atoms with Gasteiger partial charge in [0, 0.05) is 5.56 Å². The van der Waals surface area contributed by atoms with Crippen molar-refractivity contribution in [3.63, 3.8) is 0 Å². The Bertz CT molecular complexity index is 746. The number of fused-ring (bicyclic) bond motifs is 1. The number of hydrogen-bond donors (Lipinski definition) is 1. The van der Waals surface area contributed by atoms with Crippen LogP contribution in [0.1, 0.15) is 82.1 Å². The molecule has 1 aliphatic heterocycles. The van der Waals surface area contributed by atoms with E-state index in [-0.39, 0.29) is 11.5 Å². The van der Waals surface area contributed by atoms with Crippen molar-refractivity contribution in [2.45, 2.75) is 92.6 Å². The van der Waals surface area contributed by atoms with Gasteiger partial charge >= 0.3 is 0 Å². The molecule has 1 aromatic rings. The van der Waals surface area contributed by atoms with Crippen molar-refractivity contribution < 1.29 is 24.1 Å². The fourth-order valence-electron chi connectivity index (χ4n) is 4.25. The maximum absolute atomic E-state index is 8.25. The highest BCUT2D eigenvalue weighted by Gasteiger charge is 2.33. The molecule has 0 saturated heterocycles. The van der Waals surface area contributed by atoms with Crippen LogP contribution >= 0.6 is 12.0 Å². The molecule has 0 aromatic heterocycles. The van der Waals surface area contributed by atoms with E-state index >= 15 is 0 Å². The summed E-state index contributed by atoms with van der Waals surface area (Å²) in [6.45, 7) is 15.3. The average molecular weight is 453 g/mol. The van der Waals surface area contributed by atoms with E-state index < -0.39 is 0 Å². The molecule has 6 heteroatoms. The fraction of sp³-hybridized carbons (Fsp3) is 0.680. The lowest BCUT2D eigenvalue weighted by molar-refractivity contribution is -0.432. The lowest BCUT2D eigenvalue weighted by Gasteiger charge is -2.36. The molecule has 1 aromatic carbocycles. The summed E-state index contributed by atoms with van der Waals surface area (Å²) in [4.78, 5) is 0. The molecule has 0 fully saturated rings. The van der Waals surface area contributed by atoms with E-state index in [1.165, 1.54) is 24.8 Å². The Kier molecular flexibility index (Phi) is 10.2. The fourth-order valence-corrected chi connectivity index (χ4v) is 4.50. The van der Waals surface area contributed by atoms with E-state index in [1.54, 1.807) is 0 Å². The molecule has 1 aliphatic rings. The minimum atomic E-state index is -0.279. The summed E-state index contributed by atoms with van der Waals surface area (Å²) in [5, 5.41) is 11.9. The van der Waals surface area contributed by atoms with E-state index in [0.29, 0.717) is 5.92 Å². The molecule has 0 aliphatic carbocycles. The van der Waals surface area contributed by atoms with Gasteiger partial charge in [-0.15, -0.1) is 4.33 Å². The normalized spacial score (nSPS) is 19.5. The van der Waals surface area contributed by atoms with Crippen LogP contribution in [0.4, 0.5) is 0 Å². The summed E-state index contributed by atoms with van der Waals surface area (Å²) in [6.07, 6.45) is 11.5. The predicted molar refractivity (Wildman–Crippen MR) is 128 cm³/mol. The molecule has 0 bridgehead atoms. The molecule has 0 amide bonds. The third-order valence-electron chi connectivity index (χ3n) is 6.33. The average Bonchev–Trinajstić information content (AvgIpc) is 2.71. The summed E-state index contributed by atoms with van der Waals surface area (Å²) in [6, 6.07) is 0. The van der Waals surface area contributed by atoms with Crippen molar-refractivity contribution in [3.8, 4) is 11.5 Å². The Hall–Kier alpha value is -1.21. The summed E-state index contributed by atoms with van der Waals surface area (Å²) >= 11 is 0.891. The molecule has 0 spiro atoms. The Morgan fingerprint density at radius 1 is 1.13 bits per heavy atom. The number of ether oxygens (including phenoxy) is 2. The summed E-state index contributed by atoms with van der Waals surface area (Å²) in [7, 11) is 0. The minimum Gasteiger partial charge on any atom is -0.483 e. The van der Waals surface area contributed by atoms with Crippen LogP contribution in [0.2, 0.25) is 0 Å². The van der Waals surface area contributed by atoms with Crippen molar-refractivity contribution in [2.75, 3.05) is 5.94 Å². The van der Waals surface area contributed by atoms with Crippen molar-refractivity contribution in [1.29, 1.82) is 0 Å². The highest BCUT2D eigenvalue weighted by molar-refractivity contribution is 7.94. The van der Waals surface area contributed by atoms with Gasteiger partial charge in [0.1, 0.15) is 17.1 Å². The summed E-state index contributed by atoms with van der Waals surface area (Å²) in [5.74, 6) is 3.56. The molecule has 2 rings (SSSR count). The van der Waals surface area contributed by atoms with Crippen LogP contribution in [0.15, 0.2) is 12.2 Å². The van der Waals surface area contributed by atoms with E-state index in [2.05, 4.69) is 70.0 Å². The number of benzene rings is 1. The first-order valence-electron chi connectivity index (χ1n) is 11.4. The zero-order valence-electron chi connectivity index (χ0n) is 20.2. The molecule has 0 radical (unpaired) electrons.